The molecule has 0 atom stereocenters. The van der Waals surface area contributed by atoms with Crippen LogP contribution >= 0.6 is 11.8 Å². The Balaban J connectivity index is 1.55. The smallest absolute Gasteiger partial charge is 0.252 e. The second-order valence-electron chi connectivity index (χ2n) is 6.34. The van der Waals surface area contributed by atoms with Crippen molar-refractivity contribution in [2.24, 2.45) is 0 Å². The van der Waals surface area contributed by atoms with Crippen LogP contribution in [0.1, 0.15) is 30.6 Å². The first-order chi connectivity index (χ1) is 12.1. The summed E-state index contributed by atoms with van der Waals surface area (Å²) >= 11 is 1.73. The molecular weight excluding hydrogens is 328 g/mol. The van der Waals surface area contributed by atoms with E-state index in [-0.39, 0.29) is 5.91 Å². The van der Waals surface area contributed by atoms with Gasteiger partial charge in [-0.3, -0.25) is 4.79 Å². The predicted octanol–water partition coefficient (Wildman–Crippen LogP) is 4.96. The maximum absolute atomic E-state index is 12.5. The molecule has 0 aliphatic carbocycles. The zero-order valence-electron chi connectivity index (χ0n) is 14.7. The van der Waals surface area contributed by atoms with Crippen LogP contribution in [-0.2, 0) is 6.54 Å². The number of para-hydroxylation sites is 1. The number of amides is 1. The highest BCUT2D eigenvalue weighted by molar-refractivity contribution is 8.00. The monoisotopic (exact) mass is 352 g/mol. The van der Waals surface area contributed by atoms with E-state index in [1.807, 2.05) is 24.3 Å². The maximum atomic E-state index is 12.5. The first-order valence-corrected chi connectivity index (χ1v) is 9.61. The van der Waals surface area contributed by atoms with Gasteiger partial charge in [-0.1, -0.05) is 44.2 Å². The second-order valence-corrected chi connectivity index (χ2v) is 7.96. The summed E-state index contributed by atoms with van der Waals surface area (Å²) < 4.78 is 2.24. The number of nitrogens with one attached hydrogen (secondary N) is 1. The number of benzene rings is 2. The highest BCUT2D eigenvalue weighted by atomic mass is 32.2. The van der Waals surface area contributed by atoms with Gasteiger partial charge in [0, 0.05) is 34.9 Å². The Morgan fingerprint density at radius 1 is 1.08 bits per heavy atom. The van der Waals surface area contributed by atoms with E-state index < -0.39 is 0 Å². The molecule has 3 nitrogen and oxygen atoms in total. The summed E-state index contributed by atoms with van der Waals surface area (Å²) in [6.07, 6.45) is 3.02. The van der Waals surface area contributed by atoms with E-state index in [0.29, 0.717) is 11.8 Å². The van der Waals surface area contributed by atoms with Crippen molar-refractivity contribution in [2.45, 2.75) is 37.0 Å². The summed E-state index contributed by atoms with van der Waals surface area (Å²) in [6.45, 7) is 5.85. The van der Waals surface area contributed by atoms with Crippen LogP contribution in [0.4, 0.5) is 0 Å². The van der Waals surface area contributed by atoms with Gasteiger partial charge in [-0.05, 0) is 36.1 Å². The number of rotatable bonds is 7. The van der Waals surface area contributed by atoms with Crippen LogP contribution in [0, 0.1) is 0 Å². The molecule has 3 rings (SSSR count). The minimum Gasteiger partial charge on any atom is -0.352 e. The fourth-order valence-electron chi connectivity index (χ4n) is 2.89. The SMILES string of the molecule is CC(C)Sc1ccccc1C(=O)NCCCn1ccc2ccccc21. The molecule has 0 aliphatic rings. The van der Waals surface area contributed by atoms with E-state index >= 15 is 0 Å². The van der Waals surface area contributed by atoms with E-state index in [1.54, 1.807) is 11.8 Å². The average molecular weight is 353 g/mol. The van der Waals surface area contributed by atoms with Gasteiger partial charge in [0.05, 0.1) is 5.56 Å². The Morgan fingerprint density at radius 3 is 2.68 bits per heavy atom. The van der Waals surface area contributed by atoms with Crippen LogP contribution in [0.5, 0.6) is 0 Å². The number of aromatic nitrogens is 1. The van der Waals surface area contributed by atoms with Gasteiger partial charge in [0.15, 0.2) is 0 Å². The van der Waals surface area contributed by atoms with Crippen molar-refractivity contribution in [3.63, 3.8) is 0 Å². The molecule has 130 valence electrons. The van der Waals surface area contributed by atoms with Gasteiger partial charge in [-0.25, -0.2) is 0 Å². The average Bonchev–Trinajstić information content (AvgIpc) is 3.02. The van der Waals surface area contributed by atoms with Crippen molar-refractivity contribution in [3.05, 3.63) is 66.4 Å². The molecule has 1 amide bonds. The molecule has 25 heavy (non-hydrogen) atoms. The summed E-state index contributed by atoms with van der Waals surface area (Å²) in [7, 11) is 0. The standard InChI is InChI=1S/C21H24N2OS/c1-16(2)25-20-11-6-4-9-18(20)21(24)22-13-7-14-23-15-12-17-8-3-5-10-19(17)23/h3-6,8-12,15-16H,7,13-14H2,1-2H3,(H,22,24). The van der Waals surface area contributed by atoms with E-state index in [9.17, 15) is 4.79 Å². The molecular formula is C21H24N2OS. The first-order valence-electron chi connectivity index (χ1n) is 8.73. The number of aryl methyl sites for hydroxylation is 1. The fourth-order valence-corrected chi connectivity index (χ4v) is 3.85. The lowest BCUT2D eigenvalue weighted by Gasteiger charge is -2.12. The zero-order valence-corrected chi connectivity index (χ0v) is 15.6. The highest BCUT2D eigenvalue weighted by Crippen LogP contribution is 2.26. The van der Waals surface area contributed by atoms with Gasteiger partial charge in [-0.15, -0.1) is 11.8 Å². The Morgan fingerprint density at radius 2 is 1.84 bits per heavy atom. The number of carbonyl (C=O) groups excluding carboxylic acids is 1. The van der Waals surface area contributed by atoms with Gasteiger partial charge < -0.3 is 9.88 Å². The Bertz CT molecular complexity index is 854. The topological polar surface area (TPSA) is 34.0 Å². The van der Waals surface area contributed by atoms with Crippen LogP contribution in [0.25, 0.3) is 10.9 Å². The molecule has 0 radical (unpaired) electrons. The van der Waals surface area contributed by atoms with Gasteiger partial charge in [0.1, 0.15) is 0 Å². The molecule has 0 aliphatic heterocycles. The molecule has 0 saturated heterocycles. The molecule has 0 unspecified atom stereocenters. The van der Waals surface area contributed by atoms with Crippen molar-refractivity contribution >= 4 is 28.6 Å². The Hall–Kier alpha value is -2.20. The molecule has 3 aromatic rings. The summed E-state index contributed by atoms with van der Waals surface area (Å²) in [4.78, 5) is 13.5. The largest absolute Gasteiger partial charge is 0.352 e. The van der Waals surface area contributed by atoms with Crippen LogP contribution in [-0.4, -0.2) is 22.3 Å². The number of nitrogens with zero attached hydrogens (tertiary/aromatic N) is 1. The molecule has 1 heterocycles. The van der Waals surface area contributed by atoms with Crippen LogP contribution in [0.15, 0.2) is 65.7 Å². The molecule has 0 bridgehead atoms. The van der Waals surface area contributed by atoms with Gasteiger partial charge in [0.25, 0.3) is 5.91 Å². The zero-order chi connectivity index (χ0) is 17.6. The third kappa shape index (κ3) is 4.45. The number of hydrogen-bond acceptors (Lipinski definition) is 2. The van der Waals surface area contributed by atoms with Crippen molar-refractivity contribution in [3.8, 4) is 0 Å². The lowest BCUT2D eigenvalue weighted by molar-refractivity contribution is 0.0950. The van der Waals surface area contributed by atoms with Crippen molar-refractivity contribution in [1.82, 2.24) is 9.88 Å². The number of fused-ring (bicyclic) bond motifs is 1. The number of hydrogen-bond donors (Lipinski definition) is 1. The lowest BCUT2D eigenvalue weighted by atomic mass is 10.2. The quantitative estimate of drug-likeness (QED) is 0.481. The van der Waals surface area contributed by atoms with Crippen molar-refractivity contribution in [1.29, 1.82) is 0 Å². The van der Waals surface area contributed by atoms with E-state index in [1.165, 1.54) is 10.9 Å². The van der Waals surface area contributed by atoms with Gasteiger partial charge >= 0.3 is 0 Å². The summed E-state index contributed by atoms with van der Waals surface area (Å²) in [5.74, 6) is 0.0149. The third-order valence-electron chi connectivity index (χ3n) is 4.04. The van der Waals surface area contributed by atoms with Crippen LogP contribution in [0.3, 0.4) is 0 Å². The van der Waals surface area contributed by atoms with Gasteiger partial charge in [-0.2, -0.15) is 0 Å². The summed E-state index contributed by atoms with van der Waals surface area (Å²) in [5.41, 5.74) is 2.01. The number of carbonyl (C=O) groups is 1. The molecule has 2 aromatic carbocycles. The van der Waals surface area contributed by atoms with E-state index in [2.05, 4.69) is 60.3 Å². The Labute approximate surface area is 153 Å². The normalized spacial score (nSPS) is 11.2. The van der Waals surface area contributed by atoms with E-state index in [0.717, 1.165) is 23.4 Å². The summed E-state index contributed by atoms with van der Waals surface area (Å²) in [5, 5.41) is 4.77. The molecule has 4 heteroatoms. The second kappa shape index (κ2) is 8.26. The first kappa shape index (κ1) is 17.6. The summed E-state index contributed by atoms with van der Waals surface area (Å²) in [6, 6.07) is 18.3. The fraction of sp³-hybridized carbons (Fsp3) is 0.286. The number of thioether (sulfide) groups is 1. The minimum atomic E-state index is 0.0149. The van der Waals surface area contributed by atoms with Crippen LogP contribution in [0.2, 0.25) is 0 Å². The highest BCUT2D eigenvalue weighted by Gasteiger charge is 2.11. The molecule has 1 aromatic heterocycles. The van der Waals surface area contributed by atoms with E-state index in [4.69, 9.17) is 0 Å². The molecule has 0 saturated carbocycles. The molecule has 1 N–H and O–H groups in total. The predicted molar refractivity (Wildman–Crippen MR) is 106 cm³/mol. The van der Waals surface area contributed by atoms with Gasteiger partial charge in [0.2, 0.25) is 0 Å². The minimum absolute atomic E-state index is 0.0149. The molecule has 0 fully saturated rings. The lowest BCUT2D eigenvalue weighted by Crippen LogP contribution is -2.25. The van der Waals surface area contributed by atoms with Crippen molar-refractivity contribution < 1.29 is 4.79 Å². The van der Waals surface area contributed by atoms with Crippen LogP contribution < -0.4 is 5.32 Å². The van der Waals surface area contributed by atoms with Crippen molar-refractivity contribution in [2.75, 3.05) is 6.54 Å². The third-order valence-corrected chi connectivity index (χ3v) is 5.12. The Kier molecular flexibility index (Phi) is 5.82. The molecule has 0 spiro atoms. The maximum Gasteiger partial charge on any atom is 0.252 e.